The van der Waals surface area contributed by atoms with Gasteiger partial charge in [-0.2, -0.15) is 11.8 Å². The topological polar surface area (TPSA) is 68.0 Å². The number of nitrogens with one attached hydrogen (secondary N) is 1. The van der Waals surface area contributed by atoms with Crippen LogP contribution in [0.25, 0.3) is 0 Å². The van der Waals surface area contributed by atoms with Crippen molar-refractivity contribution in [2.45, 2.75) is 12.5 Å². The predicted molar refractivity (Wildman–Crippen MR) is 66.9 cm³/mol. The summed E-state index contributed by atoms with van der Waals surface area (Å²) in [5, 5.41) is 3.26. The lowest BCUT2D eigenvalue weighted by Gasteiger charge is -2.11. The number of nitrogen functional groups attached to an aromatic ring is 1. The third kappa shape index (κ3) is 2.59. The number of rotatable bonds is 2. The van der Waals surface area contributed by atoms with E-state index >= 15 is 0 Å². The highest BCUT2D eigenvalue weighted by Crippen LogP contribution is 2.19. The van der Waals surface area contributed by atoms with Crippen LogP contribution in [0.2, 0.25) is 5.02 Å². The third-order valence-electron chi connectivity index (χ3n) is 2.40. The van der Waals surface area contributed by atoms with Gasteiger partial charge in [-0.3, -0.25) is 4.79 Å². The first-order valence-corrected chi connectivity index (χ1v) is 6.49. The van der Waals surface area contributed by atoms with Crippen LogP contribution in [-0.4, -0.2) is 28.4 Å². The van der Waals surface area contributed by atoms with Crippen molar-refractivity contribution >= 4 is 35.1 Å². The van der Waals surface area contributed by atoms with E-state index in [1.54, 1.807) is 6.07 Å². The van der Waals surface area contributed by atoms with Crippen LogP contribution in [0.3, 0.4) is 0 Å². The van der Waals surface area contributed by atoms with Gasteiger partial charge in [0.25, 0.3) is 5.91 Å². The molecule has 0 radical (unpaired) electrons. The van der Waals surface area contributed by atoms with Crippen LogP contribution in [0.4, 0.5) is 5.82 Å². The molecule has 2 rings (SSSR count). The Labute approximate surface area is 103 Å². The smallest absolute Gasteiger partial charge is 0.253 e. The molecule has 0 spiro atoms. The van der Waals surface area contributed by atoms with Gasteiger partial charge >= 0.3 is 0 Å². The summed E-state index contributed by atoms with van der Waals surface area (Å²) in [5.41, 5.74) is 5.93. The minimum absolute atomic E-state index is 0.137. The Kier molecular flexibility index (Phi) is 3.56. The zero-order chi connectivity index (χ0) is 11.5. The first-order valence-electron chi connectivity index (χ1n) is 4.96. The quantitative estimate of drug-likeness (QED) is 0.844. The molecule has 0 aliphatic carbocycles. The molecule has 0 bridgehead atoms. The van der Waals surface area contributed by atoms with Gasteiger partial charge in [-0.1, -0.05) is 11.6 Å². The van der Waals surface area contributed by atoms with Crippen molar-refractivity contribution in [3.63, 3.8) is 0 Å². The average Bonchev–Trinajstić information content (AvgIpc) is 2.74. The minimum Gasteiger partial charge on any atom is -0.382 e. The lowest BCUT2D eigenvalue weighted by atomic mass is 10.2. The molecule has 1 aliphatic heterocycles. The number of hydrogen-bond acceptors (Lipinski definition) is 4. The van der Waals surface area contributed by atoms with Crippen molar-refractivity contribution < 1.29 is 4.79 Å². The van der Waals surface area contributed by atoms with Gasteiger partial charge in [-0.25, -0.2) is 4.98 Å². The highest BCUT2D eigenvalue weighted by atomic mass is 35.5. The SMILES string of the molecule is Nc1ncc(C(=O)NC2CCSC2)cc1Cl. The van der Waals surface area contributed by atoms with Gasteiger partial charge in [-0.15, -0.1) is 0 Å². The van der Waals surface area contributed by atoms with Gasteiger partial charge in [0.05, 0.1) is 10.6 Å². The lowest BCUT2D eigenvalue weighted by molar-refractivity contribution is 0.0941. The van der Waals surface area contributed by atoms with Crippen LogP contribution in [0.15, 0.2) is 12.3 Å². The molecule has 2 heterocycles. The maximum atomic E-state index is 11.8. The predicted octanol–water partition coefficient (Wildman–Crippen LogP) is 1.55. The van der Waals surface area contributed by atoms with Crippen molar-refractivity contribution in [2.75, 3.05) is 17.2 Å². The molecule has 1 aromatic heterocycles. The average molecular weight is 258 g/mol. The largest absolute Gasteiger partial charge is 0.382 e. The van der Waals surface area contributed by atoms with Crippen molar-refractivity contribution in [3.8, 4) is 0 Å². The molecule has 0 aromatic carbocycles. The molecule has 3 N–H and O–H groups in total. The Morgan fingerprint density at radius 2 is 2.50 bits per heavy atom. The Morgan fingerprint density at radius 1 is 1.69 bits per heavy atom. The van der Waals surface area contributed by atoms with Gasteiger partial charge in [0.2, 0.25) is 0 Å². The summed E-state index contributed by atoms with van der Waals surface area (Å²) in [6, 6.07) is 1.80. The Hall–Kier alpha value is -0.940. The van der Waals surface area contributed by atoms with E-state index in [9.17, 15) is 4.79 Å². The number of carbonyl (C=O) groups excluding carboxylic acids is 1. The van der Waals surface area contributed by atoms with Crippen molar-refractivity contribution in [2.24, 2.45) is 0 Å². The number of nitrogens with zero attached hydrogens (tertiary/aromatic N) is 1. The molecule has 16 heavy (non-hydrogen) atoms. The number of hydrogen-bond donors (Lipinski definition) is 2. The second kappa shape index (κ2) is 4.93. The molecule has 0 saturated carbocycles. The van der Waals surface area contributed by atoms with E-state index in [2.05, 4.69) is 10.3 Å². The van der Waals surface area contributed by atoms with Gasteiger partial charge in [0, 0.05) is 18.0 Å². The Balaban J connectivity index is 2.05. The summed E-state index contributed by atoms with van der Waals surface area (Å²) >= 11 is 7.65. The van der Waals surface area contributed by atoms with Crippen LogP contribution >= 0.6 is 23.4 Å². The van der Waals surface area contributed by atoms with Crippen molar-refractivity contribution in [3.05, 3.63) is 22.8 Å². The zero-order valence-electron chi connectivity index (χ0n) is 8.57. The molecule has 1 aliphatic rings. The van der Waals surface area contributed by atoms with E-state index in [1.807, 2.05) is 11.8 Å². The first-order chi connectivity index (χ1) is 7.66. The Bertz CT molecular complexity index is 407. The third-order valence-corrected chi connectivity index (χ3v) is 3.86. The standard InChI is InChI=1S/C10H12ClN3OS/c11-8-3-6(4-13-9(8)12)10(15)14-7-1-2-16-5-7/h3-4,7H,1-2,5H2,(H2,12,13)(H,14,15). The monoisotopic (exact) mass is 257 g/mol. The number of thioether (sulfide) groups is 1. The number of carbonyl (C=O) groups is 1. The maximum absolute atomic E-state index is 11.8. The van der Waals surface area contributed by atoms with E-state index < -0.39 is 0 Å². The molecular weight excluding hydrogens is 246 g/mol. The molecular formula is C10H12ClN3OS. The number of anilines is 1. The lowest BCUT2D eigenvalue weighted by Crippen LogP contribution is -2.34. The van der Waals surface area contributed by atoms with Crippen LogP contribution in [-0.2, 0) is 0 Å². The molecule has 1 unspecified atom stereocenters. The fourth-order valence-electron chi connectivity index (χ4n) is 1.49. The number of aromatic nitrogens is 1. The van der Waals surface area contributed by atoms with Gasteiger partial charge < -0.3 is 11.1 Å². The molecule has 1 amide bonds. The number of nitrogens with two attached hydrogens (primary N) is 1. The molecule has 1 atom stereocenters. The van der Waals surface area contributed by atoms with E-state index in [4.69, 9.17) is 17.3 Å². The number of halogens is 1. The van der Waals surface area contributed by atoms with Crippen molar-refractivity contribution in [1.29, 1.82) is 0 Å². The molecule has 6 heteroatoms. The molecule has 1 aromatic rings. The molecule has 4 nitrogen and oxygen atoms in total. The molecule has 86 valence electrons. The maximum Gasteiger partial charge on any atom is 0.253 e. The van der Waals surface area contributed by atoms with Gasteiger partial charge in [-0.05, 0) is 18.2 Å². The fraction of sp³-hybridized carbons (Fsp3) is 0.400. The number of pyridine rings is 1. The van der Waals surface area contributed by atoms with Crippen LogP contribution in [0.1, 0.15) is 16.8 Å². The second-order valence-electron chi connectivity index (χ2n) is 3.63. The van der Waals surface area contributed by atoms with Crippen LogP contribution in [0, 0.1) is 0 Å². The summed E-state index contributed by atoms with van der Waals surface area (Å²) < 4.78 is 0. The zero-order valence-corrected chi connectivity index (χ0v) is 10.1. The minimum atomic E-state index is -0.137. The van der Waals surface area contributed by atoms with Crippen molar-refractivity contribution in [1.82, 2.24) is 10.3 Å². The molecule has 1 saturated heterocycles. The van der Waals surface area contributed by atoms with E-state index in [1.165, 1.54) is 6.20 Å². The summed E-state index contributed by atoms with van der Waals surface area (Å²) in [6.45, 7) is 0. The summed E-state index contributed by atoms with van der Waals surface area (Å²) in [7, 11) is 0. The van der Waals surface area contributed by atoms with E-state index in [-0.39, 0.29) is 17.8 Å². The van der Waals surface area contributed by atoms with Gasteiger partial charge in [0.1, 0.15) is 5.82 Å². The number of amides is 1. The van der Waals surface area contributed by atoms with E-state index in [0.717, 1.165) is 17.9 Å². The van der Waals surface area contributed by atoms with Crippen LogP contribution < -0.4 is 11.1 Å². The Morgan fingerprint density at radius 3 is 3.12 bits per heavy atom. The summed E-state index contributed by atoms with van der Waals surface area (Å²) in [6.07, 6.45) is 2.46. The highest BCUT2D eigenvalue weighted by Gasteiger charge is 2.18. The highest BCUT2D eigenvalue weighted by molar-refractivity contribution is 7.99. The van der Waals surface area contributed by atoms with E-state index in [0.29, 0.717) is 10.6 Å². The normalized spacial score (nSPS) is 19.7. The van der Waals surface area contributed by atoms with Gasteiger partial charge in [0.15, 0.2) is 0 Å². The summed E-state index contributed by atoms with van der Waals surface area (Å²) in [4.78, 5) is 15.7. The fourth-order valence-corrected chi connectivity index (χ4v) is 2.81. The van der Waals surface area contributed by atoms with Crippen LogP contribution in [0.5, 0.6) is 0 Å². The molecule has 1 fully saturated rings. The second-order valence-corrected chi connectivity index (χ2v) is 5.18. The first kappa shape index (κ1) is 11.5. The summed E-state index contributed by atoms with van der Waals surface area (Å²) in [5.74, 6) is 2.18.